The first-order valence-corrected chi connectivity index (χ1v) is 10.8. The molecule has 0 spiro atoms. The van der Waals surface area contributed by atoms with E-state index in [2.05, 4.69) is 4.98 Å². The lowest BCUT2D eigenvalue weighted by atomic mass is 10.1. The maximum Gasteiger partial charge on any atom is 0.290 e. The number of amides is 1. The molecule has 0 aliphatic rings. The molecular formula is C21H21FN2O5S. The highest BCUT2D eigenvalue weighted by Crippen LogP contribution is 2.30. The number of sulfonamides is 1. The molecule has 0 atom stereocenters. The van der Waals surface area contributed by atoms with Gasteiger partial charge in [-0.2, -0.15) is 0 Å². The summed E-state index contributed by atoms with van der Waals surface area (Å²) in [6.07, 6.45) is 0.277. The molecular weight excluding hydrogens is 411 g/mol. The number of rotatable bonds is 7. The SMILES string of the molecule is CCCS(=O)(=O)N(C(=O)c1cc(OC)c2ccccc2n1)c1ccc(OC)c(F)c1. The predicted octanol–water partition coefficient (Wildman–Crippen LogP) is 3.78. The molecule has 3 rings (SSSR count). The second-order valence-corrected chi connectivity index (χ2v) is 8.37. The van der Waals surface area contributed by atoms with E-state index in [1.807, 2.05) is 0 Å². The highest BCUT2D eigenvalue weighted by atomic mass is 32.2. The van der Waals surface area contributed by atoms with Gasteiger partial charge in [0, 0.05) is 17.5 Å². The van der Waals surface area contributed by atoms with Crippen LogP contribution in [0.2, 0.25) is 0 Å². The van der Waals surface area contributed by atoms with Crippen LogP contribution in [0.4, 0.5) is 10.1 Å². The molecule has 9 heteroatoms. The number of pyridine rings is 1. The second kappa shape index (κ2) is 8.66. The summed E-state index contributed by atoms with van der Waals surface area (Å²) >= 11 is 0. The van der Waals surface area contributed by atoms with Gasteiger partial charge in [0.1, 0.15) is 11.4 Å². The number of hydrogen-bond acceptors (Lipinski definition) is 6. The van der Waals surface area contributed by atoms with Gasteiger partial charge >= 0.3 is 0 Å². The molecule has 3 aromatic rings. The lowest BCUT2D eigenvalue weighted by Gasteiger charge is -2.23. The van der Waals surface area contributed by atoms with E-state index in [1.165, 1.54) is 32.4 Å². The summed E-state index contributed by atoms with van der Waals surface area (Å²) in [6.45, 7) is 1.67. The van der Waals surface area contributed by atoms with Crippen molar-refractivity contribution in [2.24, 2.45) is 0 Å². The average molecular weight is 432 g/mol. The molecule has 158 valence electrons. The molecule has 1 heterocycles. The van der Waals surface area contributed by atoms with Crippen LogP contribution < -0.4 is 13.8 Å². The van der Waals surface area contributed by atoms with E-state index in [1.54, 1.807) is 31.2 Å². The number of ether oxygens (including phenoxy) is 2. The van der Waals surface area contributed by atoms with Crippen molar-refractivity contribution in [3.8, 4) is 11.5 Å². The molecule has 30 heavy (non-hydrogen) atoms. The first-order chi connectivity index (χ1) is 14.3. The average Bonchev–Trinajstić information content (AvgIpc) is 2.72. The summed E-state index contributed by atoms with van der Waals surface area (Å²) in [7, 11) is -1.35. The minimum Gasteiger partial charge on any atom is -0.496 e. The van der Waals surface area contributed by atoms with Crippen LogP contribution >= 0.6 is 0 Å². The molecule has 0 fully saturated rings. The number of carbonyl (C=O) groups is 1. The van der Waals surface area contributed by atoms with Gasteiger partial charge in [0.2, 0.25) is 10.0 Å². The van der Waals surface area contributed by atoms with Gasteiger partial charge in [-0.3, -0.25) is 4.79 Å². The lowest BCUT2D eigenvalue weighted by molar-refractivity contribution is 0.100. The molecule has 0 aliphatic carbocycles. The number of anilines is 1. The predicted molar refractivity (Wildman–Crippen MR) is 112 cm³/mol. The summed E-state index contributed by atoms with van der Waals surface area (Å²) in [6, 6.07) is 11.9. The monoisotopic (exact) mass is 432 g/mol. The van der Waals surface area contributed by atoms with E-state index in [0.29, 0.717) is 21.0 Å². The van der Waals surface area contributed by atoms with Crippen molar-refractivity contribution in [3.63, 3.8) is 0 Å². The van der Waals surface area contributed by atoms with Crippen LogP contribution in [0.5, 0.6) is 11.5 Å². The number of aromatic nitrogens is 1. The summed E-state index contributed by atoms with van der Waals surface area (Å²) in [5.74, 6) is -1.68. The summed E-state index contributed by atoms with van der Waals surface area (Å²) in [4.78, 5) is 17.6. The third kappa shape index (κ3) is 4.06. The van der Waals surface area contributed by atoms with Crippen molar-refractivity contribution in [3.05, 3.63) is 60.0 Å². The van der Waals surface area contributed by atoms with E-state index in [0.717, 1.165) is 6.07 Å². The van der Waals surface area contributed by atoms with Gasteiger partial charge in [0.25, 0.3) is 5.91 Å². The molecule has 0 unspecified atom stereocenters. The molecule has 2 aromatic carbocycles. The van der Waals surface area contributed by atoms with Gasteiger partial charge in [0.05, 0.1) is 31.2 Å². The maximum absolute atomic E-state index is 14.3. The Morgan fingerprint density at radius 2 is 1.77 bits per heavy atom. The highest BCUT2D eigenvalue weighted by molar-refractivity contribution is 7.93. The van der Waals surface area contributed by atoms with Crippen LogP contribution in [0.1, 0.15) is 23.8 Å². The largest absolute Gasteiger partial charge is 0.496 e. The van der Waals surface area contributed by atoms with Gasteiger partial charge in [-0.1, -0.05) is 19.1 Å². The fraction of sp³-hybridized carbons (Fsp3) is 0.238. The van der Waals surface area contributed by atoms with E-state index in [4.69, 9.17) is 9.47 Å². The van der Waals surface area contributed by atoms with Crippen LogP contribution in [0.15, 0.2) is 48.5 Å². The van der Waals surface area contributed by atoms with Crippen molar-refractivity contribution in [1.82, 2.24) is 4.98 Å². The van der Waals surface area contributed by atoms with Crippen LogP contribution in [-0.4, -0.2) is 39.3 Å². The lowest BCUT2D eigenvalue weighted by Crippen LogP contribution is -2.39. The first-order valence-electron chi connectivity index (χ1n) is 9.17. The standard InChI is InChI=1S/C21H21FN2O5S/c1-4-11-30(26,27)24(14-9-10-19(28-2)16(22)12-14)21(25)18-13-20(29-3)15-7-5-6-8-17(15)23-18/h5-10,12-13H,4,11H2,1-3H3. The Morgan fingerprint density at radius 3 is 2.40 bits per heavy atom. The number of fused-ring (bicyclic) bond motifs is 1. The molecule has 0 bridgehead atoms. The zero-order valence-electron chi connectivity index (χ0n) is 16.8. The zero-order valence-corrected chi connectivity index (χ0v) is 17.6. The molecule has 0 N–H and O–H groups in total. The van der Waals surface area contributed by atoms with Crippen molar-refractivity contribution in [2.45, 2.75) is 13.3 Å². The topological polar surface area (TPSA) is 85.8 Å². The summed E-state index contributed by atoms with van der Waals surface area (Å²) in [5.41, 5.74) is 0.191. The number of carbonyl (C=O) groups excluding carboxylic acids is 1. The smallest absolute Gasteiger partial charge is 0.290 e. The number of hydrogen-bond donors (Lipinski definition) is 0. The summed E-state index contributed by atoms with van der Waals surface area (Å²) in [5, 5.41) is 0.676. The van der Waals surface area contributed by atoms with Gasteiger partial charge in [-0.15, -0.1) is 0 Å². The van der Waals surface area contributed by atoms with Crippen LogP contribution in [0, 0.1) is 5.82 Å². The molecule has 0 radical (unpaired) electrons. The third-order valence-electron chi connectivity index (χ3n) is 4.41. The number of halogens is 1. The number of nitrogens with zero attached hydrogens (tertiary/aromatic N) is 2. The van der Waals surface area contributed by atoms with Crippen molar-refractivity contribution in [1.29, 1.82) is 0 Å². The Hall–Kier alpha value is -3.20. The van der Waals surface area contributed by atoms with Crippen LogP contribution in [0.3, 0.4) is 0 Å². The number of methoxy groups -OCH3 is 2. The van der Waals surface area contributed by atoms with Crippen molar-refractivity contribution in [2.75, 3.05) is 24.3 Å². The minimum atomic E-state index is -4.09. The van der Waals surface area contributed by atoms with Crippen molar-refractivity contribution >= 4 is 32.5 Å². The normalized spacial score (nSPS) is 11.3. The van der Waals surface area contributed by atoms with Crippen molar-refractivity contribution < 1.29 is 27.1 Å². The molecule has 1 aromatic heterocycles. The van der Waals surface area contributed by atoms with Crippen LogP contribution in [0.25, 0.3) is 10.9 Å². The van der Waals surface area contributed by atoms with E-state index < -0.39 is 21.7 Å². The molecule has 0 saturated heterocycles. The Balaban J connectivity index is 2.18. The Labute approximate surface area is 174 Å². The quantitative estimate of drug-likeness (QED) is 0.565. The number of para-hydroxylation sites is 1. The van der Waals surface area contributed by atoms with E-state index >= 15 is 0 Å². The molecule has 0 aliphatic heterocycles. The maximum atomic E-state index is 14.3. The first kappa shape index (κ1) is 21.5. The van der Waals surface area contributed by atoms with Gasteiger partial charge in [-0.05, 0) is 30.7 Å². The second-order valence-electron chi connectivity index (χ2n) is 6.43. The summed E-state index contributed by atoms with van der Waals surface area (Å²) < 4.78 is 50.9. The fourth-order valence-electron chi connectivity index (χ4n) is 3.06. The molecule has 0 saturated carbocycles. The van der Waals surface area contributed by atoms with Gasteiger partial charge in [0.15, 0.2) is 11.6 Å². The Kier molecular flexibility index (Phi) is 6.21. The van der Waals surface area contributed by atoms with E-state index in [-0.39, 0.29) is 29.3 Å². The highest BCUT2D eigenvalue weighted by Gasteiger charge is 2.31. The third-order valence-corrected chi connectivity index (χ3v) is 6.27. The number of benzene rings is 2. The minimum absolute atomic E-state index is 0.0652. The van der Waals surface area contributed by atoms with Gasteiger partial charge < -0.3 is 9.47 Å². The Morgan fingerprint density at radius 1 is 1.07 bits per heavy atom. The van der Waals surface area contributed by atoms with Crippen LogP contribution in [-0.2, 0) is 10.0 Å². The fourth-order valence-corrected chi connectivity index (χ4v) is 4.54. The molecule has 7 nitrogen and oxygen atoms in total. The van der Waals surface area contributed by atoms with Gasteiger partial charge in [-0.25, -0.2) is 22.1 Å². The Bertz CT molecular complexity index is 1200. The zero-order chi connectivity index (χ0) is 21.9. The van der Waals surface area contributed by atoms with E-state index in [9.17, 15) is 17.6 Å². The molecule has 1 amide bonds.